The molecule has 0 fully saturated rings. The fourth-order valence-electron chi connectivity index (χ4n) is 4.61. The molecule has 0 aliphatic carbocycles. The number of anilines is 1. The van der Waals surface area contributed by atoms with Crippen LogP contribution in [0.15, 0.2) is 95.8 Å². The maximum Gasteiger partial charge on any atom is 0.356 e. The van der Waals surface area contributed by atoms with Crippen LogP contribution >= 0.6 is 11.6 Å². The topological polar surface area (TPSA) is 77.4 Å². The number of aromatic nitrogens is 1. The van der Waals surface area contributed by atoms with Crippen molar-refractivity contribution in [1.29, 1.82) is 0 Å². The van der Waals surface area contributed by atoms with Gasteiger partial charge < -0.3 is 14.6 Å². The minimum Gasteiger partial charge on any atom is -0.448 e. The van der Waals surface area contributed by atoms with E-state index in [4.69, 9.17) is 16.3 Å². The summed E-state index contributed by atoms with van der Waals surface area (Å²) >= 11 is 6.11. The molecule has 1 atom stereocenters. The van der Waals surface area contributed by atoms with Gasteiger partial charge in [-0.05, 0) is 58.5 Å². The molecular formula is C31H25ClN2O4. The number of halogens is 1. The summed E-state index contributed by atoms with van der Waals surface area (Å²) in [6.07, 6.45) is -0.809. The Kier molecular flexibility index (Phi) is 6.99. The Balaban J connectivity index is 1.51. The van der Waals surface area contributed by atoms with Gasteiger partial charge in [0.15, 0.2) is 6.10 Å². The first-order chi connectivity index (χ1) is 18.4. The molecular weight excluding hydrogens is 500 g/mol. The Morgan fingerprint density at radius 1 is 0.895 bits per heavy atom. The monoisotopic (exact) mass is 524 g/mol. The minimum atomic E-state index is -1.06. The number of amides is 1. The number of carbonyl (C=O) groups excluding carboxylic acids is 2. The fourth-order valence-corrected chi connectivity index (χ4v) is 4.74. The number of esters is 1. The molecule has 1 unspecified atom stereocenters. The van der Waals surface area contributed by atoms with Crippen molar-refractivity contribution in [2.75, 3.05) is 5.32 Å². The van der Waals surface area contributed by atoms with Crippen molar-refractivity contribution in [3.63, 3.8) is 0 Å². The molecule has 1 aromatic heterocycles. The van der Waals surface area contributed by atoms with Gasteiger partial charge in [-0.3, -0.25) is 9.59 Å². The third-order valence-electron chi connectivity index (χ3n) is 6.56. The summed E-state index contributed by atoms with van der Waals surface area (Å²) in [6.45, 7) is 1.76. The second-order valence-corrected chi connectivity index (χ2v) is 9.43. The number of carbonyl (C=O) groups is 2. The average Bonchev–Trinajstić information content (AvgIpc) is 2.93. The summed E-state index contributed by atoms with van der Waals surface area (Å²) in [5.74, 6) is -1.21. The van der Waals surface area contributed by atoms with E-state index in [2.05, 4.69) is 5.32 Å². The predicted molar refractivity (Wildman–Crippen MR) is 152 cm³/mol. The molecule has 0 spiro atoms. The largest absolute Gasteiger partial charge is 0.448 e. The molecule has 1 heterocycles. The lowest BCUT2D eigenvalue weighted by Crippen LogP contribution is -2.34. The lowest BCUT2D eigenvalue weighted by molar-refractivity contribution is -0.124. The second-order valence-electron chi connectivity index (χ2n) is 8.99. The van der Waals surface area contributed by atoms with Crippen molar-refractivity contribution in [3.05, 3.63) is 112 Å². The van der Waals surface area contributed by atoms with Crippen LogP contribution in [-0.2, 0) is 16.6 Å². The molecule has 6 nitrogen and oxygen atoms in total. The molecule has 0 radical (unpaired) electrons. The Morgan fingerprint density at radius 3 is 2.26 bits per heavy atom. The first kappa shape index (κ1) is 25.2. The summed E-state index contributed by atoms with van der Waals surface area (Å²) < 4.78 is 7.02. The molecule has 0 aliphatic rings. The van der Waals surface area contributed by atoms with Gasteiger partial charge in [0, 0.05) is 28.7 Å². The van der Waals surface area contributed by atoms with Gasteiger partial charge in [-0.15, -0.1) is 0 Å². The molecule has 190 valence electrons. The normalized spacial score (nSPS) is 11.9. The first-order valence-electron chi connectivity index (χ1n) is 12.3. The van der Waals surface area contributed by atoms with Gasteiger partial charge in [0.05, 0.1) is 0 Å². The van der Waals surface area contributed by atoms with E-state index in [1.807, 2.05) is 42.5 Å². The second kappa shape index (κ2) is 10.5. The van der Waals surface area contributed by atoms with Crippen molar-refractivity contribution >= 4 is 50.7 Å². The molecule has 0 bridgehead atoms. The highest BCUT2D eigenvalue weighted by molar-refractivity contribution is 6.30. The molecule has 1 amide bonds. The number of nitrogens with one attached hydrogen (secondary N) is 1. The zero-order chi connectivity index (χ0) is 26.8. The fraction of sp³-hybridized carbons (Fsp3) is 0.129. The molecule has 5 aromatic rings. The smallest absolute Gasteiger partial charge is 0.356 e. The van der Waals surface area contributed by atoms with Gasteiger partial charge in [-0.2, -0.15) is 0 Å². The first-order valence-corrected chi connectivity index (χ1v) is 12.6. The molecule has 0 aliphatic heterocycles. The lowest BCUT2D eigenvalue weighted by Gasteiger charge is -2.20. The molecule has 0 saturated heterocycles. The average molecular weight is 525 g/mol. The van der Waals surface area contributed by atoms with Gasteiger partial charge in [0.1, 0.15) is 5.69 Å². The van der Waals surface area contributed by atoms with Crippen molar-refractivity contribution in [2.45, 2.75) is 19.4 Å². The van der Waals surface area contributed by atoms with Crippen LogP contribution in [-0.4, -0.2) is 22.5 Å². The number of ether oxygens (including phenoxy) is 1. The van der Waals surface area contributed by atoms with Crippen LogP contribution in [0.25, 0.3) is 32.7 Å². The van der Waals surface area contributed by atoms with Crippen molar-refractivity contribution < 1.29 is 14.3 Å². The molecule has 38 heavy (non-hydrogen) atoms. The quantitative estimate of drug-likeness (QED) is 0.254. The Bertz CT molecular complexity index is 1740. The summed E-state index contributed by atoms with van der Waals surface area (Å²) in [7, 11) is 1.53. The van der Waals surface area contributed by atoms with Crippen molar-refractivity contribution in [3.8, 4) is 11.1 Å². The highest BCUT2D eigenvalue weighted by Crippen LogP contribution is 2.32. The summed E-state index contributed by atoms with van der Waals surface area (Å²) in [5.41, 5.74) is 1.56. The van der Waals surface area contributed by atoms with Gasteiger partial charge in [-0.25, -0.2) is 4.79 Å². The number of rotatable bonds is 6. The van der Waals surface area contributed by atoms with E-state index < -0.39 is 18.0 Å². The Labute approximate surface area is 224 Å². The highest BCUT2D eigenvalue weighted by Gasteiger charge is 2.28. The summed E-state index contributed by atoms with van der Waals surface area (Å²) in [6, 6.07) is 27.5. The van der Waals surface area contributed by atoms with Crippen LogP contribution in [0.1, 0.15) is 23.8 Å². The van der Waals surface area contributed by atoms with Gasteiger partial charge in [-0.1, -0.05) is 79.2 Å². The number of hydrogen-bond donors (Lipinski definition) is 1. The maximum atomic E-state index is 13.6. The molecule has 5 rings (SSSR count). The summed E-state index contributed by atoms with van der Waals surface area (Å²) in [5, 5.41) is 6.51. The van der Waals surface area contributed by atoms with Crippen LogP contribution in [0.3, 0.4) is 0 Å². The summed E-state index contributed by atoms with van der Waals surface area (Å²) in [4.78, 5) is 40.0. The van der Waals surface area contributed by atoms with Crippen LogP contribution in [0, 0.1) is 0 Å². The van der Waals surface area contributed by atoms with E-state index in [1.54, 1.807) is 55.5 Å². The highest BCUT2D eigenvalue weighted by atomic mass is 35.5. The third-order valence-corrected chi connectivity index (χ3v) is 6.81. The third kappa shape index (κ3) is 4.78. The number of benzene rings is 4. The maximum absolute atomic E-state index is 13.6. The van der Waals surface area contributed by atoms with Gasteiger partial charge >= 0.3 is 5.97 Å². The van der Waals surface area contributed by atoms with Gasteiger partial charge in [0.2, 0.25) is 0 Å². The Hall–Kier alpha value is -4.42. The SMILES string of the molecule is CCC(OC(=O)c1c(-c2ccc(Cl)cc2)c2ccccc2c(=O)n1C)C(=O)Nc1ccc2ccccc2c1. The van der Waals surface area contributed by atoms with E-state index in [0.717, 1.165) is 10.8 Å². The van der Waals surface area contributed by atoms with Crippen molar-refractivity contribution in [2.24, 2.45) is 7.05 Å². The lowest BCUT2D eigenvalue weighted by atomic mass is 9.96. The minimum absolute atomic E-state index is 0.0629. The van der Waals surface area contributed by atoms with Crippen LogP contribution in [0.2, 0.25) is 5.02 Å². The molecule has 1 N–H and O–H groups in total. The number of nitrogens with zero attached hydrogens (tertiary/aromatic N) is 1. The van der Waals surface area contributed by atoms with Crippen LogP contribution in [0.4, 0.5) is 5.69 Å². The van der Waals surface area contributed by atoms with Crippen LogP contribution in [0.5, 0.6) is 0 Å². The van der Waals surface area contributed by atoms with Gasteiger partial charge in [0.25, 0.3) is 11.5 Å². The van der Waals surface area contributed by atoms with E-state index in [0.29, 0.717) is 32.6 Å². The van der Waals surface area contributed by atoms with Crippen LogP contribution < -0.4 is 10.9 Å². The number of pyridine rings is 1. The number of hydrogen-bond acceptors (Lipinski definition) is 4. The van der Waals surface area contributed by atoms with Crippen molar-refractivity contribution in [1.82, 2.24) is 4.57 Å². The van der Waals surface area contributed by atoms with E-state index >= 15 is 0 Å². The Morgan fingerprint density at radius 2 is 1.55 bits per heavy atom. The standard InChI is InChI=1S/C31H25ClN2O4/c1-3-26(29(35)33-23-17-14-19-8-4-5-9-21(19)18-23)38-31(37)28-27(20-12-15-22(32)16-13-20)24-10-6-7-11-25(24)30(36)34(28)2/h4-18,26H,3H2,1-2H3,(H,33,35). The zero-order valence-corrected chi connectivity index (χ0v) is 21.7. The van der Waals surface area contributed by atoms with E-state index in [9.17, 15) is 14.4 Å². The zero-order valence-electron chi connectivity index (χ0n) is 20.9. The molecule has 0 saturated carbocycles. The molecule has 7 heteroatoms. The predicted octanol–water partition coefficient (Wildman–Crippen LogP) is 6.59. The van der Waals surface area contributed by atoms with E-state index in [-0.39, 0.29) is 17.7 Å². The number of fused-ring (bicyclic) bond motifs is 2. The molecule has 4 aromatic carbocycles. The van der Waals surface area contributed by atoms with E-state index in [1.165, 1.54) is 11.6 Å².